The van der Waals surface area contributed by atoms with Gasteiger partial charge in [-0.05, 0) is 25.8 Å². The summed E-state index contributed by atoms with van der Waals surface area (Å²) in [6.45, 7) is 1.99. The minimum absolute atomic E-state index is 0.188. The maximum Gasteiger partial charge on any atom is 0.419 e. The Balaban J connectivity index is 1.84. The normalized spacial score (nSPS) is 17.0. The summed E-state index contributed by atoms with van der Waals surface area (Å²) >= 11 is 1.00. The summed E-state index contributed by atoms with van der Waals surface area (Å²) in [5.74, 6) is -1.20. The number of aryl methyl sites for hydroxylation is 1. The van der Waals surface area contributed by atoms with Gasteiger partial charge in [0.1, 0.15) is 11.9 Å². The van der Waals surface area contributed by atoms with E-state index >= 15 is 0 Å². The van der Waals surface area contributed by atoms with Gasteiger partial charge in [-0.2, -0.15) is 13.2 Å². The Morgan fingerprint density at radius 2 is 2.11 bits per heavy atom. The number of carbonyl (C=O) groups excluding carboxylic acids is 2. The molecule has 1 aliphatic heterocycles. The summed E-state index contributed by atoms with van der Waals surface area (Å²) < 4.78 is 39.2. The highest BCUT2D eigenvalue weighted by Gasteiger charge is 2.35. The first kappa shape index (κ1) is 19.9. The molecule has 8 nitrogen and oxygen atoms in total. The zero-order valence-corrected chi connectivity index (χ0v) is 15.5. The lowest BCUT2D eigenvalue weighted by Gasteiger charge is -2.21. The molecule has 3 rings (SSSR count). The smallest absolute Gasteiger partial charge is 0.383 e. The Morgan fingerprint density at radius 1 is 1.39 bits per heavy atom. The molecule has 3 heterocycles. The number of nitrogens with two attached hydrogens (primary N) is 2. The molecule has 1 unspecified atom stereocenters. The molecule has 2 aromatic rings. The van der Waals surface area contributed by atoms with E-state index < -0.39 is 35.5 Å². The Kier molecular flexibility index (Phi) is 5.15. The molecule has 2 aromatic heterocycles. The van der Waals surface area contributed by atoms with Crippen molar-refractivity contribution in [2.24, 2.45) is 5.73 Å². The molecule has 0 spiro atoms. The Labute approximate surface area is 161 Å². The number of urea groups is 1. The first-order chi connectivity index (χ1) is 13.1. The van der Waals surface area contributed by atoms with Crippen LogP contribution in [0.1, 0.15) is 24.1 Å². The number of thiazole rings is 1. The maximum atomic E-state index is 13.1. The minimum atomic E-state index is -4.64. The van der Waals surface area contributed by atoms with Crippen LogP contribution in [0, 0.1) is 6.92 Å². The van der Waals surface area contributed by atoms with Crippen LogP contribution in [-0.4, -0.2) is 39.4 Å². The molecular weight excluding hydrogens is 397 g/mol. The van der Waals surface area contributed by atoms with Crippen molar-refractivity contribution in [2.45, 2.75) is 32.0 Å². The molecule has 150 valence electrons. The summed E-state index contributed by atoms with van der Waals surface area (Å²) in [6.07, 6.45) is -2.27. The number of carbonyl (C=O) groups is 2. The fraction of sp³-hybridized carbons (Fsp3) is 0.375. The van der Waals surface area contributed by atoms with Crippen LogP contribution in [0.4, 0.5) is 28.9 Å². The van der Waals surface area contributed by atoms with E-state index in [9.17, 15) is 22.8 Å². The van der Waals surface area contributed by atoms with Gasteiger partial charge in [-0.3, -0.25) is 10.1 Å². The first-order valence-corrected chi connectivity index (χ1v) is 9.07. The SMILES string of the molecule is Cc1nc(NC(=O)N2CCCC2C(N)=O)sc1-c1cnc(N)c(C(F)(F)F)c1. The fourth-order valence-electron chi connectivity index (χ4n) is 3.01. The average molecular weight is 414 g/mol. The molecule has 3 amide bonds. The van der Waals surface area contributed by atoms with Crippen molar-refractivity contribution in [3.8, 4) is 10.4 Å². The number of rotatable bonds is 3. The van der Waals surface area contributed by atoms with Crippen molar-refractivity contribution in [1.29, 1.82) is 0 Å². The predicted molar refractivity (Wildman–Crippen MR) is 97.4 cm³/mol. The van der Waals surface area contributed by atoms with Gasteiger partial charge in [0.15, 0.2) is 5.13 Å². The zero-order valence-electron chi connectivity index (χ0n) is 14.7. The second-order valence-electron chi connectivity index (χ2n) is 6.27. The van der Waals surface area contributed by atoms with Crippen molar-refractivity contribution in [3.05, 3.63) is 23.5 Å². The van der Waals surface area contributed by atoms with Crippen molar-refractivity contribution in [3.63, 3.8) is 0 Å². The quantitative estimate of drug-likeness (QED) is 0.711. The number of nitrogens with zero attached hydrogens (tertiary/aromatic N) is 3. The Hall–Kier alpha value is -2.89. The summed E-state index contributed by atoms with van der Waals surface area (Å²) in [4.78, 5) is 33.4. The Morgan fingerprint density at radius 3 is 2.75 bits per heavy atom. The van der Waals surface area contributed by atoms with E-state index in [2.05, 4.69) is 15.3 Å². The van der Waals surface area contributed by atoms with E-state index in [1.165, 1.54) is 11.1 Å². The highest BCUT2D eigenvalue weighted by atomic mass is 32.1. The van der Waals surface area contributed by atoms with Gasteiger partial charge in [-0.1, -0.05) is 11.3 Å². The third-order valence-corrected chi connectivity index (χ3v) is 5.46. The van der Waals surface area contributed by atoms with E-state index in [1.807, 2.05) is 0 Å². The third-order valence-electron chi connectivity index (χ3n) is 4.34. The monoisotopic (exact) mass is 414 g/mol. The van der Waals surface area contributed by atoms with E-state index in [0.29, 0.717) is 30.0 Å². The van der Waals surface area contributed by atoms with Crippen molar-refractivity contribution >= 4 is 34.2 Å². The number of halogens is 3. The van der Waals surface area contributed by atoms with Gasteiger partial charge >= 0.3 is 12.2 Å². The number of nitrogens with one attached hydrogen (secondary N) is 1. The number of hydrogen-bond donors (Lipinski definition) is 3. The van der Waals surface area contributed by atoms with Crippen LogP contribution in [-0.2, 0) is 11.0 Å². The molecule has 0 bridgehead atoms. The van der Waals surface area contributed by atoms with E-state index in [0.717, 1.165) is 17.4 Å². The lowest BCUT2D eigenvalue weighted by Crippen LogP contribution is -2.45. The van der Waals surface area contributed by atoms with Gasteiger partial charge < -0.3 is 16.4 Å². The summed E-state index contributed by atoms with van der Waals surface area (Å²) in [6, 6.07) is -0.318. The van der Waals surface area contributed by atoms with Gasteiger partial charge in [0, 0.05) is 18.3 Å². The molecule has 12 heteroatoms. The van der Waals surface area contributed by atoms with E-state index in [1.54, 1.807) is 6.92 Å². The molecule has 1 saturated heterocycles. The first-order valence-electron chi connectivity index (χ1n) is 8.25. The molecule has 0 aliphatic carbocycles. The molecule has 0 aromatic carbocycles. The summed E-state index contributed by atoms with van der Waals surface area (Å²) in [7, 11) is 0. The molecular formula is C16H17F3N6O2S. The number of alkyl halides is 3. The number of nitrogen functional groups attached to an aromatic ring is 1. The van der Waals surface area contributed by atoms with Crippen LogP contribution in [0.3, 0.4) is 0 Å². The fourth-order valence-corrected chi connectivity index (χ4v) is 3.95. The second kappa shape index (κ2) is 7.26. The van der Waals surface area contributed by atoms with Crippen LogP contribution < -0.4 is 16.8 Å². The standard InChI is InChI=1S/C16H17F3N6O2S/c1-7-11(8-5-9(16(17,18)19)12(20)22-6-8)28-14(23-7)24-15(27)25-4-2-3-10(25)13(21)26/h5-6,10H,2-4H2,1H3,(H2,20,22)(H2,21,26)(H,23,24,27). The van der Waals surface area contributed by atoms with Crippen molar-refractivity contribution < 1.29 is 22.8 Å². The van der Waals surface area contributed by atoms with Gasteiger partial charge in [-0.15, -0.1) is 0 Å². The van der Waals surface area contributed by atoms with Crippen LogP contribution in [0.5, 0.6) is 0 Å². The summed E-state index contributed by atoms with van der Waals surface area (Å²) in [5.41, 5.74) is 10.2. The number of aromatic nitrogens is 2. The molecule has 1 atom stereocenters. The average Bonchev–Trinajstić information content (AvgIpc) is 3.21. The number of anilines is 2. The molecule has 0 radical (unpaired) electrons. The minimum Gasteiger partial charge on any atom is -0.383 e. The largest absolute Gasteiger partial charge is 0.419 e. The van der Waals surface area contributed by atoms with Gasteiger partial charge in [0.25, 0.3) is 0 Å². The van der Waals surface area contributed by atoms with Crippen LogP contribution in [0.15, 0.2) is 12.3 Å². The summed E-state index contributed by atoms with van der Waals surface area (Å²) in [5, 5.41) is 2.77. The van der Waals surface area contributed by atoms with Gasteiger partial charge in [-0.25, -0.2) is 14.8 Å². The molecule has 1 aliphatic rings. The number of likely N-dealkylation sites (tertiary alicyclic amines) is 1. The van der Waals surface area contributed by atoms with Crippen LogP contribution >= 0.6 is 11.3 Å². The molecule has 5 N–H and O–H groups in total. The maximum absolute atomic E-state index is 13.1. The number of primary amides is 1. The predicted octanol–water partition coefficient (Wildman–Crippen LogP) is 2.60. The molecule has 0 saturated carbocycles. The number of pyridine rings is 1. The number of amides is 3. The van der Waals surface area contributed by atoms with Crippen LogP contribution in [0.25, 0.3) is 10.4 Å². The topological polar surface area (TPSA) is 127 Å². The highest BCUT2D eigenvalue weighted by Crippen LogP contribution is 2.38. The van der Waals surface area contributed by atoms with Gasteiger partial charge in [0.05, 0.1) is 16.1 Å². The Bertz CT molecular complexity index is 930. The van der Waals surface area contributed by atoms with Crippen molar-refractivity contribution in [1.82, 2.24) is 14.9 Å². The van der Waals surface area contributed by atoms with Crippen molar-refractivity contribution in [2.75, 3.05) is 17.6 Å². The number of hydrogen-bond acceptors (Lipinski definition) is 6. The van der Waals surface area contributed by atoms with Crippen LogP contribution in [0.2, 0.25) is 0 Å². The highest BCUT2D eigenvalue weighted by molar-refractivity contribution is 7.19. The second-order valence-corrected chi connectivity index (χ2v) is 7.27. The van der Waals surface area contributed by atoms with E-state index in [4.69, 9.17) is 11.5 Å². The lowest BCUT2D eigenvalue weighted by atomic mass is 10.1. The van der Waals surface area contributed by atoms with Gasteiger partial charge in [0.2, 0.25) is 5.91 Å². The zero-order chi connectivity index (χ0) is 20.6. The molecule has 1 fully saturated rings. The van der Waals surface area contributed by atoms with E-state index in [-0.39, 0.29) is 10.7 Å². The lowest BCUT2D eigenvalue weighted by molar-refractivity contribution is -0.137. The molecule has 28 heavy (non-hydrogen) atoms. The third kappa shape index (κ3) is 3.86.